The smallest absolute Gasteiger partial charge is 0.315 e. The predicted molar refractivity (Wildman–Crippen MR) is 108 cm³/mol. The first-order valence-electron chi connectivity index (χ1n) is 8.77. The molecule has 1 aromatic rings. The molecule has 0 unspecified atom stereocenters. The Bertz CT molecular complexity index is 723. The second-order valence-electron chi connectivity index (χ2n) is 6.48. The average molecular weight is 412 g/mol. The summed E-state index contributed by atoms with van der Waals surface area (Å²) in [5.74, 6) is -0.634. The van der Waals surface area contributed by atoms with Gasteiger partial charge in [0.2, 0.25) is 5.91 Å². The van der Waals surface area contributed by atoms with Gasteiger partial charge in [-0.3, -0.25) is 15.0 Å². The van der Waals surface area contributed by atoms with Crippen LogP contribution in [0.15, 0.2) is 24.3 Å². The topological polar surface area (TPSA) is 138 Å². The first-order chi connectivity index (χ1) is 12.8. The van der Waals surface area contributed by atoms with Crippen LogP contribution in [0.4, 0.5) is 10.5 Å². The lowest BCUT2D eigenvalue weighted by Crippen LogP contribution is -2.46. The Labute approximate surface area is 169 Å². The number of halogens is 1. The van der Waals surface area contributed by atoms with Crippen molar-refractivity contribution < 1.29 is 19.1 Å². The van der Waals surface area contributed by atoms with Crippen LogP contribution in [0.25, 0.3) is 0 Å². The summed E-state index contributed by atoms with van der Waals surface area (Å²) in [5, 5.41) is 12.6. The Morgan fingerprint density at radius 1 is 1.32 bits per heavy atom. The summed E-state index contributed by atoms with van der Waals surface area (Å²) in [6, 6.07) is 5.66. The third-order valence-electron chi connectivity index (χ3n) is 3.98. The number of amidine groups is 1. The maximum atomic E-state index is 12.5. The first kappa shape index (κ1) is 23.2. The molecule has 1 aromatic carbocycles. The van der Waals surface area contributed by atoms with Crippen molar-refractivity contribution in [3.05, 3.63) is 29.8 Å². The Kier molecular flexibility index (Phi) is 8.72. The molecule has 28 heavy (non-hydrogen) atoms. The highest BCUT2D eigenvalue weighted by Crippen LogP contribution is 2.22. The molecule has 0 aliphatic carbocycles. The summed E-state index contributed by atoms with van der Waals surface area (Å²) in [5.41, 5.74) is 6.69. The van der Waals surface area contributed by atoms with E-state index >= 15 is 0 Å². The number of benzene rings is 1. The molecule has 1 aliphatic rings. The number of nitrogens with two attached hydrogens (primary N) is 1. The van der Waals surface area contributed by atoms with E-state index in [1.54, 1.807) is 43.0 Å². The van der Waals surface area contributed by atoms with E-state index in [1.807, 2.05) is 0 Å². The summed E-state index contributed by atoms with van der Waals surface area (Å²) < 4.78 is 4.98. The molecule has 2 rings (SSSR count). The summed E-state index contributed by atoms with van der Waals surface area (Å²) >= 11 is 0. The van der Waals surface area contributed by atoms with Crippen molar-refractivity contribution in [1.29, 1.82) is 5.41 Å². The number of urea groups is 1. The van der Waals surface area contributed by atoms with Crippen LogP contribution in [0, 0.1) is 5.41 Å². The van der Waals surface area contributed by atoms with Gasteiger partial charge < -0.3 is 26.0 Å². The van der Waals surface area contributed by atoms with Gasteiger partial charge in [-0.25, -0.2) is 4.79 Å². The van der Waals surface area contributed by atoms with Crippen LogP contribution >= 0.6 is 12.4 Å². The number of carbonyl (C=O) groups is 3. The van der Waals surface area contributed by atoms with Gasteiger partial charge in [0, 0.05) is 24.3 Å². The number of hydrogen-bond acceptors (Lipinski definition) is 5. The van der Waals surface area contributed by atoms with Gasteiger partial charge in [0.1, 0.15) is 11.9 Å². The van der Waals surface area contributed by atoms with Crippen molar-refractivity contribution in [3.8, 4) is 0 Å². The molecule has 5 N–H and O–H groups in total. The fraction of sp³-hybridized carbons (Fsp3) is 0.444. The van der Waals surface area contributed by atoms with Crippen LogP contribution < -0.4 is 21.3 Å². The van der Waals surface area contributed by atoms with Crippen molar-refractivity contribution in [1.82, 2.24) is 10.6 Å². The van der Waals surface area contributed by atoms with E-state index < -0.39 is 12.1 Å². The van der Waals surface area contributed by atoms with E-state index in [4.69, 9.17) is 15.9 Å². The Balaban J connectivity index is 0.00000392. The van der Waals surface area contributed by atoms with Gasteiger partial charge in [0.15, 0.2) is 0 Å². The Hall–Kier alpha value is -2.81. The molecule has 1 aliphatic heterocycles. The number of nitrogens with one attached hydrogen (secondary N) is 3. The summed E-state index contributed by atoms with van der Waals surface area (Å²) in [6.45, 7) is 4.12. The molecule has 1 atom stereocenters. The molecular weight excluding hydrogens is 386 g/mol. The highest BCUT2D eigenvalue weighted by atomic mass is 35.5. The zero-order valence-electron chi connectivity index (χ0n) is 15.9. The second kappa shape index (κ2) is 10.5. The van der Waals surface area contributed by atoms with Crippen molar-refractivity contribution >= 4 is 41.8 Å². The number of carbonyl (C=O) groups excluding carboxylic acids is 3. The number of nitrogen functional groups attached to an aromatic ring is 1. The van der Waals surface area contributed by atoms with Gasteiger partial charge in [0.25, 0.3) is 0 Å². The van der Waals surface area contributed by atoms with Gasteiger partial charge >= 0.3 is 12.0 Å². The highest BCUT2D eigenvalue weighted by Gasteiger charge is 2.33. The Morgan fingerprint density at radius 2 is 1.96 bits per heavy atom. The molecule has 0 saturated carbocycles. The minimum absolute atomic E-state index is 0. The van der Waals surface area contributed by atoms with E-state index in [1.165, 1.54) is 0 Å². The molecule has 0 bridgehead atoms. The molecule has 1 saturated heterocycles. The molecule has 0 aromatic heterocycles. The van der Waals surface area contributed by atoms with Crippen LogP contribution in [-0.2, 0) is 14.3 Å². The van der Waals surface area contributed by atoms with Crippen LogP contribution in [0.1, 0.15) is 32.3 Å². The summed E-state index contributed by atoms with van der Waals surface area (Å²) in [6.07, 6.45) is 0.354. The van der Waals surface area contributed by atoms with Crippen LogP contribution in [0.3, 0.4) is 0 Å². The molecular formula is C18H26ClN5O4. The lowest BCUT2D eigenvalue weighted by Gasteiger charge is -2.18. The molecule has 154 valence electrons. The molecule has 0 spiro atoms. The minimum atomic E-state index is -0.625. The van der Waals surface area contributed by atoms with Gasteiger partial charge in [-0.05, 0) is 44.5 Å². The number of rotatable bonds is 7. The third-order valence-corrected chi connectivity index (χ3v) is 3.98. The van der Waals surface area contributed by atoms with Crippen molar-refractivity contribution in [2.24, 2.45) is 5.73 Å². The molecule has 9 nitrogen and oxygen atoms in total. The van der Waals surface area contributed by atoms with Gasteiger partial charge in [0.05, 0.1) is 12.5 Å². The maximum absolute atomic E-state index is 12.5. The normalized spacial score (nSPS) is 15.8. The monoisotopic (exact) mass is 411 g/mol. The minimum Gasteiger partial charge on any atom is -0.463 e. The van der Waals surface area contributed by atoms with E-state index in [9.17, 15) is 14.4 Å². The number of anilines is 1. The summed E-state index contributed by atoms with van der Waals surface area (Å²) in [4.78, 5) is 37.4. The molecule has 1 heterocycles. The van der Waals surface area contributed by atoms with E-state index in [2.05, 4.69) is 10.6 Å². The fourth-order valence-electron chi connectivity index (χ4n) is 2.70. The van der Waals surface area contributed by atoms with E-state index in [0.717, 1.165) is 0 Å². The van der Waals surface area contributed by atoms with Gasteiger partial charge in [-0.1, -0.05) is 0 Å². The third kappa shape index (κ3) is 6.41. The van der Waals surface area contributed by atoms with Gasteiger partial charge in [-0.15, -0.1) is 12.4 Å². The number of ether oxygens (including phenoxy) is 1. The Morgan fingerprint density at radius 3 is 2.54 bits per heavy atom. The number of esters is 1. The zero-order chi connectivity index (χ0) is 20.0. The largest absolute Gasteiger partial charge is 0.463 e. The SMILES string of the molecule is CC(C)OC(=O)CCNC(=O)N[C@H]1CCN(c2ccc(C(=N)N)cc2)C1=O.Cl. The van der Waals surface area contributed by atoms with Crippen molar-refractivity contribution in [3.63, 3.8) is 0 Å². The van der Waals surface area contributed by atoms with Crippen LogP contribution in [0.2, 0.25) is 0 Å². The van der Waals surface area contributed by atoms with Crippen molar-refractivity contribution in [2.45, 2.75) is 38.8 Å². The number of nitrogens with zero attached hydrogens (tertiary/aromatic N) is 1. The average Bonchev–Trinajstić information content (AvgIpc) is 2.95. The lowest BCUT2D eigenvalue weighted by molar-refractivity contribution is -0.147. The molecule has 3 amide bonds. The maximum Gasteiger partial charge on any atom is 0.315 e. The summed E-state index contributed by atoms with van der Waals surface area (Å²) in [7, 11) is 0. The molecule has 0 radical (unpaired) electrons. The number of amides is 3. The van der Waals surface area contributed by atoms with Gasteiger partial charge in [-0.2, -0.15) is 0 Å². The molecule has 10 heteroatoms. The quantitative estimate of drug-likeness (QED) is 0.303. The van der Waals surface area contributed by atoms with Crippen LogP contribution in [0.5, 0.6) is 0 Å². The lowest BCUT2D eigenvalue weighted by atomic mass is 10.2. The fourth-order valence-corrected chi connectivity index (χ4v) is 2.70. The standard InChI is InChI=1S/C18H25N5O4.ClH/c1-11(2)27-15(24)7-9-21-18(26)22-14-8-10-23(17(14)25)13-5-3-12(4-6-13)16(19)20;/h3-6,11,14H,7-10H2,1-2H3,(H3,19,20)(H2,21,22,26);1H/t14-;/m0./s1. The first-order valence-corrected chi connectivity index (χ1v) is 8.77. The van der Waals surface area contributed by atoms with Crippen molar-refractivity contribution in [2.75, 3.05) is 18.0 Å². The van der Waals surface area contributed by atoms with Crippen LogP contribution in [-0.4, -0.2) is 49.0 Å². The molecule has 1 fully saturated rings. The second-order valence-corrected chi connectivity index (χ2v) is 6.48. The zero-order valence-corrected chi connectivity index (χ0v) is 16.7. The number of hydrogen-bond donors (Lipinski definition) is 4. The highest BCUT2D eigenvalue weighted by molar-refractivity contribution is 6.02. The van der Waals surface area contributed by atoms with E-state index in [-0.39, 0.29) is 49.2 Å². The van der Waals surface area contributed by atoms with E-state index in [0.29, 0.717) is 24.2 Å². The predicted octanol–water partition coefficient (Wildman–Crippen LogP) is 1.14.